The van der Waals surface area contributed by atoms with Gasteiger partial charge in [0.25, 0.3) is 0 Å². The fourth-order valence-corrected chi connectivity index (χ4v) is 1.82. The second-order valence-corrected chi connectivity index (χ2v) is 3.68. The summed E-state index contributed by atoms with van der Waals surface area (Å²) in [5.74, 6) is 1.31. The summed E-state index contributed by atoms with van der Waals surface area (Å²) in [4.78, 5) is 0. The summed E-state index contributed by atoms with van der Waals surface area (Å²) in [6, 6.07) is 1.93. The molecule has 0 spiro atoms. The van der Waals surface area contributed by atoms with Crippen molar-refractivity contribution >= 4 is 0 Å². The zero-order valence-electron chi connectivity index (χ0n) is 7.50. The van der Waals surface area contributed by atoms with Crippen LogP contribution in [-0.4, -0.2) is 5.11 Å². The molecule has 1 aliphatic carbocycles. The lowest BCUT2D eigenvalue weighted by molar-refractivity contribution is 0.129. The van der Waals surface area contributed by atoms with E-state index in [9.17, 15) is 5.11 Å². The van der Waals surface area contributed by atoms with Gasteiger partial charge in [-0.1, -0.05) is 13.3 Å². The van der Waals surface area contributed by atoms with Crippen LogP contribution in [-0.2, 0) is 5.60 Å². The molecule has 0 bridgehead atoms. The van der Waals surface area contributed by atoms with Gasteiger partial charge in [0.1, 0.15) is 5.76 Å². The van der Waals surface area contributed by atoms with Crippen LogP contribution in [0.3, 0.4) is 0 Å². The first-order valence-corrected chi connectivity index (χ1v) is 4.45. The monoisotopic (exact) mass is 166 g/mol. The molecule has 1 saturated carbocycles. The highest BCUT2D eigenvalue weighted by Gasteiger charge is 2.53. The van der Waals surface area contributed by atoms with E-state index in [1.807, 2.05) is 13.0 Å². The molecule has 2 atom stereocenters. The Bertz CT molecular complexity index is 290. The molecule has 0 aliphatic heterocycles. The highest BCUT2D eigenvalue weighted by molar-refractivity contribution is 5.27. The Labute approximate surface area is 72.2 Å². The molecule has 12 heavy (non-hydrogen) atoms. The first-order valence-electron chi connectivity index (χ1n) is 4.45. The summed E-state index contributed by atoms with van der Waals surface area (Å²) in [5, 5.41) is 10.0. The molecule has 2 heteroatoms. The Morgan fingerprint density at radius 1 is 1.75 bits per heavy atom. The summed E-state index contributed by atoms with van der Waals surface area (Å²) in [7, 11) is 0. The minimum absolute atomic E-state index is 0.439. The van der Waals surface area contributed by atoms with Gasteiger partial charge < -0.3 is 9.52 Å². The van der Waals surface area contributed by atoms with Crippen LogP contribution in [0.1, 0.15) is 31.1 Å². The second kappa shape index (κ2) is 2.36. The van der Waals surface area contributed by atoms with E-state index in [0.717, 1.165) is 24.2 Å². The number of rotatable bonds is 2. The van der Waals surface area contributed by atoms with Crippen molar-refractivity contribution in [3.63, 3.8) is 0 Å². The highest BCUT2D eigenvalue weighted by Crippen LogP contribution is 2.53. The smallest absolute Gasteiger partial charge is 0.101 e. The average Bonchev–Trinajstić information content (AvgIpc) is 2.50. The molecule has 1 aromatic rings. The molecule has 0 radical (unpaired) electrons. The quantitative estimate of drug-likeness (QED) is 0.730. The van der Waals surface area contributed by atoms with Crippen LogP contribution in [0.15, 0.2) is 16.7 Å². The number of hydrogen-bond donors (Lipinski definition) is 1. The van der Waals surface area contributed by atoms with Gasteiger partial charge in [0.15, 0.2) is 0 Å². The zero-order valence-corrected chi connectivity index (χ0v) is 7.50. The van der Waals surface area contributed by atoms with Crippen molar-refractivity contribution in [2.75, 3.05) is 0 Å². The first kappa shape index (κ1) is 7.87. The van der Waals surface area contributed by atoms with Crippen molar-refractivity contribution in [3.8, 4) is 0 Å². The molecule has 66 valence electrons. The van der Waals surface area contributed by atoms with Gasteiger partial charge in [-0.15, -0.1) is 0 Å². The van der Waals surface area contributed by atoms with Crippen LogP contribution in [0.4, 0.5) is 0 Å². The fraction of sp³-hybridized carbons (Fsp3) is 0.600. The van der Waals surface area contributed by atoms with E-state index >= 15 is 0 Å². The largest absolute Gasteiger partial charge is 0.469 e. The Kier molecular flexibility index (Phi) is 1.55. The van der Waals surface area contributed by atoms with E-state index in [1.165, 1.54) is 0 Å². The Hall–Kier alpha value is -0.760. The highest BCUT2D eigenvalue weighted by atomic mass is 16.3. The lowest BCUT2D eigenvalue weighted by Gasteiger charge is -2.04. The van der Waals surface area contributed by atoms with Crippen LogP contribution < -0.4 is 0 Å². The Morgan fingerprint density at radius 3 is 2.92 bits per heavy atom. The standard InChI is InChI=1S/C10H14O2/c1-3-8-5-10(8,11)9-4-7(2)12-6-9/h4,6,8,11H,3,5H2,1-2H3. The van der Waals surface area contributed by atoms with E-state index in [2.05, 4.69) is 6.92 Å². The lowest BCUT2D eigenvalue weighted by atomic mass is 10.1. The summed E-state index contributed by atoms with van der Waals surface area (Å²) in [5.41, 5.74) is 0.388. The molecule has 1 aromatic heterocycles. The summed E-state index contributed by atoms with van der Waals surface area (Å²) in [6.45, 7) is 4.01. The third-order valence-corrected chi connectivity index (χ3v) is 2.80. The van der Waals surface area contributed by atoms with Crippen molar-refractivity contribution in [2.45, 2.75) is 32.3 Å². The molecular weight excluding hydrogens is 152 g/mol. The van der Waals surface area contributed by atoms with E-state index < -0.39 is 5.60 Å². The number of aliphatic hydroxyl groups is 1. The fourth-order valence-electron chi connectivity index (χ4n) is 1.82. The minimum atomic E-state index is -0.563. The summed E-state index contributed by atoms with van der Waals surface area (Å²) in [6.07, 6.45) is 3.61. The van der Waals surface area contributed by atoms with Crippen molar-refractivity contribution in [1.82, 2.24) is 0 Å². The molecule has 1 N–H and O–H groups in total. The maximum atomic E-state index is 10.0. The Balaban J connectivity index is 2.22. The molecule has 0 saturated heterocycles. The van der Waals surface area contributed by atoms with Gasteiger partial charge in [0, 0.05) is 5.56 Å². The van der Waals surface area contributed by atoms with Crippen molar-refractivity contribution < 1.29 is 9.52 Å². The third kappa shape index (κ3) is 0.985. The molecule has 0 amide bonds. The van der Waals surface area contributed by atoms with Crippen LogP contribution in [0.25, 0.3) is 0 Å². The second-order valence-electron chi connectivity index (χ2n) is 3.68. The average molecular weight is 166 g/mol. The molecular formula is C10H14O2. The van der Waals surface area contributed by atoms with E-state index in [0.29, 0.717) is 5.92 Å². The molecule has 1 heterocycles. The Morgan fingerprint density at radius 2 is 2.50 bits per heavy atom. The zero-order chi connectivity index (χ0) is 8.77. The van der Waals surface area contributed by atoms with Crippen LogP contribution in [0, 0.1) is 12.8 Å². The molecule has 2 rings (SSSR count). The van der Waals surface area contributed by atoms with Crippen molar-refractivity contribution in [2.24, 2.45) is 5.92 Å². The van der Waals surface area contributed by atoms with Gasteiger partial charge in [0.05, 0.1) is 11.9 Å². The number of furan rings is 1. The van der Waals surface area contributed by atoms with Crippen LogP contribution in [0.2, 0.25) is 0 Å². The molecule has 2 unspecified atom stereocenters. The normalized spacial score (nSPS) is 33.8. The molecule has 1 aliphatic rings. The number of hydrogen-bond acceptors (Lipinski definition) is 2. The van der Waals surface area contributed by atoms with Crippen molar-refractivity contribution in [3.05, 3.63) is 23.7 Å². The van der Waals surface area contributed by atoms with Gasteiger partial charge >= 0.3 is 0 Å². The SMILES string of the molecule is CCC1CC1(O)c1coc(C)c1. The van der Waals surface area contributed by atoms with E-state index in [1.54, 1.807) is 6.26 Å². The van der Waals surface area contributed by atoms with E-state index in [4.69, 9.17) is 4.42 Å². The van der Waals surface area contributed by atoms with Crippen LogP contribution in [0.5, 0.6) is 0 Å². The lowest BCUT2D eigenvalue weighted by Crippen LogP contribution is -2.06. The summed E-state index contributed by atoms with van der Waals surface area (Å²) < 4.78 is 5.16. The van der Waals surface area contributed by atoms with Gasteiger partial charge in [-0.2, -0.15) is 0 Å². The maximum absolute atomic E-state index is 10.0. The van der Waals surface area contributed by atoms with Gasteiger partial charge in [0.2, 0.25) is 0 Å². The number of aryl methyl sites for hydroxylation is 1. The topological polar surface area (TPSA) is 33.4 Å². The van der Waals surface area contributed by atoms with Gasteiger partial charge in [-0.3, -0.25) is 0 Å². The first-order chi connectivity index (χ1) is 5.66. The van der Waals surface area contributed by atoms with Crippen molar-refractivity contribution in [1.29, 1.82) is 0 Å². The van der Waals surface area contributed by atoms with Crippen LogP contribution >= 0.6 is 0 Å². The molecule has 1 fully saturated rings. The third-order valence-electron chi connectivity index (χ3n) is 2.80. The van der Waals surface area contributed by atoms with E-state index in [-0.39, 0.29) is 0 Å². The van der Waals surface area contributed by atoms with Gasteiger partial charge in [-0.25, -0.2) is 0 Å². The molecule has 0 aromatic carbocycles. The molecule has 2 nitrogen and oxygen atoms in total. The predicted octanol–water partition coefficient (Wildman–Crippen LogP) is 2.21. The van der Waals surface area contributed by atoms with Gasteiger partial charge in [-0.05, 0) is 25.3 Å². The predicted molar refractivity (Wildman–Crippen MR) is 45.7 cm³/mol. The summed E-state index contributed by atoms with van der Waals surface area (Å²) >= 11 is 0. The maximum Gasteiger partial charge on any atom is 0.101 e. The minimum Gasteiger partial charge on any atom is -0.469 e.